The van der Waals surface area contributed by atoms with Gasteiger partial charge < -0.3 is 10.6 Å². The number of anilines is 1. The fourth-order valence-electron chi connectivity index (χ4n) is 2.74. The van der Waals surface area contributed by atoms with Crippen molar-refractivity contribution in [1.82, 2.24) is 5.32 Å². The minimum Gasteiger partial charge on any atom is -0.349 e. The van der Waals surface area contributed by atoms with E-state index in [4.69, 9.17) is 0 Å². The van der Waals surface area contributed by atoms with Gasteiger partial charge in [0.25, 0.3) is 5.91 Å². The van der Waals surface area contributed by atoms with Crippen LogP contribution in [-0.2, 0) is 14.6 Å². The molecule has 0 bridgehead atoms. The third-order valence-corrected chi connectivity index (χ3v) is 5.96. The summed E-state index contributed by atoms with van der Waals surface area (Å²) in [6.07, 6.45) is 2.77. The van der Waals surface area contributed by atoms with Crippen LogP contribution in [0.15, 0.2) is 24.3 Å². The molecule has 124 valence electrons. The van der Waals surface area contributed by atoms with Crippen molar-refractivity contribution in [2.24, 2.45) is 5.92 Å². The molecule has 7 heteroatoms. The zero-order valence-corrected chi connectivity index (χ0v) is 13.6. The van der Waals surface area contributed by atoms with E-state index in [1.54, 1.807) is 24.3 Å². The molecular weight excluding hydrogens is 316 g/mol. The Morgan fingerprint density at radius 2 is 1.96 bits per heavy atom. The molecule has 2 amide bonds. The summed E-state index contributed by atoms with van der Waals surface area (Å²) in [5.41, 5.74) is 1.07. The zero-order chi connectivity index (χ0) is 16.4. The highest BCUT2D eigenvalue weighted by Crippen LogP contribution is 2.23. The molecule has 23 heavy (non-hydrogen) atoms. The third-order valence-electron chi connectivity index (χ3n) is 4.12. The highest BCUT2D eigenvalue weighted by atomic mass is 32.2. The number of benzene rings is 1. The van der Waals surface area contributed by atoms with E-state index in [9.17, 15) is 18.0 Å². The Morgan fingerprint density at radius 1 is 1.17 bits per heavy atom. The maximum atomic E-state index is 12.0. The molecule has 3 rings (SSSR count). The van der Waals surface area contributed by atoms with E-state index >= 15 is 0 Å². The van der Waals surface area contributed by atoms with E-state index in [0.717, 1.165) is 12.8 Å². The van der Waals surface area contributed by atoms with E-state index in [0.29, 0.717) is 17.7 Å². The average Bonchev–Trinajstić information content (AvgIpc) is 3.22. The first-order valence-corrected chi connectivity index (χ1v) is 9.65. The minimum absolute atomic E-state index is 0.0876. The van der Waals surface area contributed by atoms with Crippen LogP contribution >= 0.6 is 0 Å². The van der Waals surface area contributed by atoms with Gasteiger partial charge in [-0.15, -0.1) is 0 Å². The first kappa shape index (κ1) is 16.0. The molecule has 1 saturated heterocycles. The molecule has 1 aromatic rings. The summed E-state index contributed by atoms with van der Waals surface area (Å²) in [4.78, 5) is 24.0. The van der Waals surface area contributed by atoms with Crippen LogP contribution in [0.3, 0.4) is 0 Å². The number of hydrogen-bond donors (Lipinski definition) is 2. The SMILES string of the molecule is O=C(C[C@@H]1CCS(=O)(=O)C1)Nc1cccc(C(=O)NC2CC2)c1. The Labute approximate surface area is 135 Å². The van der Waals surface area contributed by atoms with Crippen molar-refractivity contribution in [1.29, 1.82) is 0 Å². The van der Waals surface area contributed by atoms with Crippen LogP contribution in [0.5, 0.6) is 0 Å². The molecule has 1 aliphatic heterocycles. The lowest BCUT2D eigenvalue weighted by molar-refractivity contribution is -0.116. The maximum absolute atomic E-state index is 12.0. The van der Waals surface area contributed by atoms with Crippen LogP contribution in [0.2, 0.25) is 0 Å². The van der Waals surface area contributed by atoms with Gasteiger partial charge in [0, 0.05) is 23.7 Å². The molecule has 1 aliphatic carbocycles. The summed E-state index contributed by atoms with van der Waals surface area (Å²) in [7, 11) is -2.97. The van der Waals surface area contributed by atoms with Crippen LogP contribution in [0.4, 0.5) is 5.69 Å². The highest BCUT2D eigenvalue weighted by Gasteiger charge is 2.29. The Kier molecular flexibility index (Phi) is 4.39. The number of rotatable bonds is 5. The van der Waals surface area contributed by atoms with Crippen molar-refractivity contribution in [3.8, 4) is 0 Å². The van der Waals surface area contributed by atoms with Gasteiger partial charge in [-0.05, 0) is 43.4 Å². The monoisotopic (exact) mass is 336 g/mol. The molecule has 0 spiro atoms. The quantitative estimate of drug-likeness (QED) is 0.849. The number of carbonyl (C=O) groups excluding carboxylic acids is 2. The van der Waals surface area contributed by atoms with E-state index in [1.165, 1.54) is 0 Å². The number of amides is 2. The minimum atomic E-state index is -2.97. The van der Waals surface area contributed by atoms with E-state index in [-0.39, 0.29) is 41.7 Å². The number of sulfone groups is 1. The normalized spacial score (nSPS) is 22.5. The summed E-state index contributed by atoms with van der Waals surface area (Å²) in [5.74, 6) is -0.204. The molecule has 2 N–H and O–H groups in total. The molecule has 0 unspecified atom stereocenters. The van der Waals surface area contributed by atoms with Crippen molar-refractivity contribution in [2.75, 3.05) is 16.8 Å². The van der Waals surface area contributed by atoms with Crippen LogP contribution in [-0.4, -0.2) is 37.8 Å². The lowest BCUT2D eigenvalue weighted by Gasteiger charge is -2.10. The van der Waals surface area contributed by atoms with Gasteiger partial charge in [-0.1, -0.05) is 6.07 Å². The topological polar surface area (TPSA) is 92.3 Å². The Balaban J connectivity index is 1.56. The van der Waals surface area contributed by atoms with Crippen molar-refractivity contribution in [3.05, 3.63) is 29.8 Å². The molecule has 1 saturated carbocycles. The summed E-state index contributed by atoms with van der Waals surface area (Å²) < 4.78 is 22.8. The molecule has 0 aromatic heterocycles. The standard InChI is InChI=1S/C16H20N2O4S/c19-15(8-11-6-7-23(21,22)10-11)17-14-3-1-2-12(9-14)16(20)18-13-4-5-13/h1-3,9,11,13H,4-8,10H2,(H,17,19)(H,18,20)/t11-/m0/s1. The van der Waals surface area contributed by atoms with Gasteiger partial charge >= 0.3 is 0 Å². The van der Waals surface area contributed by atoms with Crippen LogP contribution in [0.1, 0.15) is 36.0 Å². The van der Waals surface area contributed by atoms with Crippen molar-refractivity contribution >= 4 is 27.3 Å². The van der Waals surface area contributed by atoms with Gasteiger partial charge in [0.2, 0.25) is 5.91 Å². The first-order valence-electron chi connectivity index (χ1n) is 7.82. The van der Waals surface area contributed by atoms with Gasteiger partial charge in [0.15, 0.2) is 9.84 Å². The predicted octanol–water partition coefficient (Wildman–Crippen LogP) is 1.34. The van der Waals surface area contributed by atoms with Crippen LogP contribution in [0, 0.1) is 5.92 Å². The Hall–Kier alpha value is -1.89. The zero-order valence-electron chi connectivity index (χ0n) is 12.7. The first-order chi connectivity index (χ1) is 10.9. The average molecular weight is 336 g/mol. The molecule has 1 atom stereocenters. The second kappa shape index (κ2) is 6.31. The van der Waals surface area contributed by atoms with Gasteiger partial charge in [-0.2, -0.15) is 0 Å². The maximum Gasteiger partial charge on any atom is 0.251 e. The van der Waals surface area contributed by atoms with Gasteiger partial charge in [0.05, 0.1) is 11.5 Å². The van der Waals surface area contributed by atoms with Gasteiger partial charge in [-0.3, -0.25) is 9.59 Å². The Bertz CT molecular complexity index is 725. The summed E-state index contributed by atoms with van der Waals surface area (Å²) in [6.45, 7) is 0. The molecule has 1 heterocycles. The van der Waals surface area contributed by atoms with E-state index in [2.05, 4.69) is 10.6 Å². The number of nitrogens with one attached hydrogen (secondary N) is 2. The fraction of sp³-hybridized carbons (Fsp3) is 0.500. The largest absolute Gasteiger partial charge is 0.349 e. The molecule has 2 aliphatic rings. The molecule has 0 radical (unpaired) electrons. The fourth-order valence-corrected chi connectivity index (χ4v) is 4.60. The molecular formula is C16H20N2O4S. The molecule has 1 aromatic carbocycles. The van der Waals surface area contributed by atoms with Gasteiger partial charge in [-0.25, -0.2) is 8.42 Å². The summed E-state index contributed by atoms with van der Waals surface area (Å²) >= 11 is 0. The molecule has 6 nitrogen and oxygen atoms in total. The highest BCUT2D eigenvalue weighted by molar-refractivity contribution is 7.91. The molecule has 2 fully saturated rings. The van der Waals surface area contributed by atoms with Crippen molar-refractivity contribution in [3.63, 3.8) is 0 Å². The smallest absolute Gasteiger partial charge is 0.251 e. The number of hydrogen-bond acceptors (Lipinski definition) is 4. The van der Waals surface area contributed by atoms with Crippen LogP contribution in [0.25, 0.3) is 0 Å². The van der Waals surface area contributed by atoms with Crippen LogP contribution < -0.4 is 10.6 Å². The predicted molar refractivity (Wildman–Crippen MR) is 86.9 cm³/mol. The van der Waals surface area contributed by atoms with E-state index < -0.39 is 9.84 Å². The number of carbonyl (C=O) groups is 2. The summed E-state index contributed by atoms with van der Waals surface area (Å²) in [6, 6.07) is 7.07. The van der Waals surface area contributed by atoms with Crippen molar-refractivity contribution in [2.45, 2.75) is 31.7 Å². The second-order valence-corrected chi connectivity index (χ2v) is 8.58. The lowest BCUT2D eigenvalue weighted by Crippen LogP contribution is -2.25. The van der Waals surface area contributed by atoms with E-state index in [1.807, 2.05) is 0 Å². The van der Waals surface area contributed by atoms with Gasteiger partial charge in [0.1, 0.15) is 0 Å². The lowest BCUT2D eigenvalue weighted by atomic mass is 10.0. The second-order valence-electron chi connectivity index (χ2n) is 6.35. The summed E-state index contributed by atoms with van der Waals surface area (Å²) in [5, 5.41) is 5.65. The Morgan fingerprint density at radius 3 is 2.61 bits per heavy atom. The third kappa shape index (κ3) is 4.54. The van der Waals surface area contributed by atoms with Crippen molar-refractivity contribution < 1.29 is 18.0 Å².